The van der Waals surface area contributed by atoms with E-state index in [9.17, 15) is 9.18 Å². The first-order valence-corrected chi connectivity index (χ1v) is 6.72. The van der Waals surface area contributed by atoms with Gasteiger partial charge in [-0.1, -0.05) is 23.7 Å². The maximum atomic E-state index is 13.3. The van der Waals surface area contributed by atoms with Gasteiger partial charge in [-0.15, -0.1) is 0 Å². The molecule has 0 aliphatic carbocycles. The molecular formula is C15H14ClFN2O2. The Morgan fingerprint density at radius 1 is 1.48 bits per heavy atom. The SMILES string of the molecule is CC(CO)NC(=O)c1cnc(Cl)c(-c2cccc(F)c2)c1. The molecule has 0 spiro atoms. The van der Waals surface area contributed by atoms with Crippen LogP contribution >= 0.6 is 11.6 Å². The van der Waals surface area contributed by atoms with E-state index in [2.05, 4.69) is 10.3 Å². The van der Waals surface area contributed by atoms with Gasteiger partial charge in [0.1, 0.15) is 11.0 Å². The number of aliphatic hydroxyl groups is 1. The summed E-state index contributed by atoms with van der Waals surface area (Å²) in [4.78, 5) is 16.0. The van der Waals surface area contributed by atoms with Crippen molar-refractivity contribution >= 4 is 17.5 Å². The molecule has 1 aromatic heterocycles. The highest BCUT2D eigenvalue weighted by Crippen LogP contribution is 2.27. The first-order chi connectivity index (χ1) is 10.0. The van der Waals surface area contributed by atoms with Crippen molar-refractivity contribution in [3.05, 3.63) is 53.1 Å². The zero-order chi connectivity index (χ0) is 15.4. The van der Waals surface area contributed by atoms with Gasteiger partial charge in [0.2, 0.25) is 0 Å². The summed E-state index contributed by atoms with van der Waals surface area (Å²) in [5.41, 5.74) is 1.30. The Kier molecular flexibility index (Phi) is 4.88. The highest BCUT2D eigenvalue weighted by Gasteiger charge is 2.13. The molecule has 4 nitrogen and oxygen atoms in total. The Bertz CT molecular complexity index is 664. The van der Waals surface area contributed by atoms with Gasteiger partial charge in [0.05, 0.1) is 12.2 Å². The molecule has 0 fully saturated rings. The van der Waals surface area contributed by atoms with E-state index in [1.165, 1.54) is 18.3 Å². The maximum absolute atomic E-state index is 13.3. The number of halogens is 2. The summed E-state index contributed by atoms with van der Waals surface area (Å²) in [5, 5.41) is 11.7. The normalized spacial score (nSPS) is 12.0. The molecular weight excluding hydrogens is 295 g/mol. The van der Waals surface area contributed by atoms with Gasteiger partial charge in [-0.2, -0.15) is 0 Å². The molecule has 1 unspecified atom stereocenters. The van der Waals surface area contributed by atoms with Crippen LogP contribution in [0.25, 0.3) is 11.1 Å². The first-order valence-electron chi connectivity index (χ1n) is 6.34. The van der Waals surface area contributed by atoms with Crippen LogP contribution in [0.1, 0.15) is 17.3 Å². The quantitative estimate of drug-likeness (QED) is 0.854. The van der Waals surface area contributed by atoms with Crippen molar-refractivity contribution < 1.29 is 14.3 Å². The molecule has 2 aromatic rings. The summed E-state index contributed by atoms with van der Waals surface area (Å²) < 4.78 is 13.3. The van der Waals surface area contributed by atoms with Crippen LogP contribution in [0.2, 0.25) is 5.15 Å². The van der Waals surface area contributed by atoms with Gasteiger partial charge in [0.25, 0.3) is 5.91 Å². The van der Waals surface area contributed by atoms with Crippen molar-refractivity contribution in [1.29, 1.82) is 0 Å². The van der Waals surface area contributed by atoms with Gasteiger partial charge >= 0.3 is 0 Å². The Hall–Kier alpha value is -1.98. The molecule has 0 saturated heterocycles. The molecule has 6 heteroatoms. The molecule has 2 N–H and O–H groups in total. The van der Waals surface area contributed by atoms with E-state index in [1.54, 1.807) is 25.1 Å². The van der Waals surface area contributed by atoms with E-state index in [1.807, 2.05) is 0 Å². The van der Waals surface area contributed by atoms with Crippen molar-refractivity contribution in [2.45, 2.75) is 13.0 Å². The predicted molar refractivity (Wildman–Crippen MR) is 78.7 cm³/mol. The summed E-state index contributed by atoms with van der Waals surface area (Å²) in [6.45, 7) is 1.51. The molecule has 1 atom stereocenters. The Morgan fingerprint density at radius 2 is 2.24 bits per heavy atom. The number of amides is 1. The number of nitrogens with zero attached hydrogens (tertiary/aromatic N) is 1. The largest absolute Gasteiger partial charge is 0.394 e. The number of hydrogen-bond acceptors (Lipinski definition) is 3. The number of rotatable bonds is 4. The smallest absolute Gasteiger partial charge is 0.253 e. The lowest BCUT2D eigenvalue weighted by atomic mass is 10.1. The molecule has 110 valence electrons. The van der Waals surface area contributed by atoms with Crippen molar-refractivity contribution in [2.75, 3.05) is 6.61 Å². The second-order valence-corrected chi connectivity index (χ2v) is 4.99. The van der Waals surface area contributed by atoms with Gasteiger partial charge in [0, 0.05) is 17.8 Å². The molecule has 1 heterocycles. The number of aliphatic hydroxyl groups excluding tert-OH is 1. The van der Waals surface area contributed by atoms with Crippen LogP contribution in [0.4, 0.5) is 4.39 Å². The average Bonchev–Trinajstić information content (AvgIpc) is 2.47. The molecule has 0 radical (unpaired) electrons. The van der Waals surface area contributed by atoms with Gasteiger partial charge in [-0.3, -0.25) is 4.79 Å². The van der Waals surface area contributed by atoms with Crippen LogP contribution in [0.5, 0.6) is 0 Å². The van der Waals surface area contributed by atoms with Crippen LogP contribution in [0, 0.1) is 5.82 Å². The number of carbonyl (C=O) groups excluding carboxylic acids is 1. The molecule has 1 amide bonds. The fraction of sp³-hybridized carbons (Fsp3) is 0.200. The van der Waals surface area contributed by atoms with Crippen molar-refractivity contribution in [3.8, 4) is 11.1 Å². The van der Waals surface area contributed by atoms with Gasteiger partial charge in [0.15, 0.2) is 0 Å². The third kappa shape index (κ3) is 3.77. The molecule has 0 aliphatic rings. The van der Waals surface area contributed by atoms with Crippen molar-refractivity contribution in [1.82, 2.24) is 10.3 Å². The fourth-order valence-corrected chi connectivity index (χ4v) is 2.00. The second-order valence-electron chi connectivity index (χ2n) is 4.63. The molecule has 1 aromatic carbocycles. The molecule has 0 saturated carbocycles. The van der Waals surface area contributed by atoms with Crippen LogP contribution in [-0.4, -0.2) is 28.6 Å². The van der Waals surface area contributed by atoms with Crippen LogP contribution in [0.15, 0.2) is 36.5 Å². The molecule has 21 heavy (non-hydrogen) atoms. The molecule has 2 rings (SSSR count). The fourth-order valence-electron chi connectivity index (χ4n) is 1.78. The van der Waals surface area contributed by atoms with Crippen molar-refractivity contribution in [3.63, 3.8) is 0 Å². The van der Waals surface area contributed by atoms with E-state index in [4.69, 9.17) is 16.7 Å². The van der Waals surface area contributed by atoms with Gasteiger partial charge < -0.3 is 10.4 Å². The maximum Gasteiger partial charge on any atom is 0.253 e. The summed E-state index contributed by atoms with van der Waals surface area (Å²) in [6, 6.07) is 7.06. The summed E-state index contributed by atoms with van der Waals surface area (Å²) >= 11 is 6.02. The number of nitrogens with one attached hydrogen (secondary N) is 1. The van der Waals surface area contributed by atoms with Crippen LogP contribution in [0.3, 0.4) is 0 Å². The van der Waals surface area contributed by atoms with Crippen LogP contribution in [-0.2, 0) is 0 Å². The Balaban J connectivity index is 2.36. The van der Waals surface area contributed by atoms with E-state index in [0.29, 0.717) is 16.7 Å². The lowest BCUT2D eigenvalue weighted by Crippen LogP contribution is -2.35. The molecule has 0 bridgehead atoms. The van der Waals surface area contributed by atoms with Gasteiger partial charge in [-0.25, -0.2) is 9.37 Å². The number of aromatic nitrogens is 1. The third-order valence-corrected chi connectivity index (χ3v) is 3.19. The number of pyridine rings is 1. The minimum absolute atomic E-state index is 0.163. The number of carbonyl (C=O) groups is 1. The zero-order valence-corrected chi connectivity index (χ0v) is 12.1. The zero-order valence-electron chi connectivity index (χ0n) is 11.3. The minimum Gasteiger partial charge on any atom is -0.394 e. The summed E-state index contributed by atoms with van der Waals surface area (Å²) in [6.07, 6.45) is 1.34. The average molecular weight is 309 g/mol. The highest BCUT2D eigenvalue weighted by molar-refractivity contribution is 6.32. The van der Waals surface area contributed by atoms with Gasteiger partial charge in [-0.05, 0) is 30.7 Å². The topological polar surface area (TPSA) is 62.2 Å². The Morgan fingerprint density at radius 3 is 2.90 bits per heavy atom. The van der Waals surface area contributed by atoms with E-state index in [0.717, 1.165) is 0 Å². The Labute approximate surface area is 126 Å². The lowest BCUT2D eigenvalue weighted by Gasteiger charge is -2.12. The predicted octanol–water partition coefficient (Wildman–Crippen LogP) is 2.65. The second kappa shape index (κ2) is 6.65. The highest BCUT2D eigenvalue weighted by atomic mass is 35.5. The van der Waals surface area contributed by atoms with E-state index < -0.39 is 5.82 Å². The number of hydrogen-bond donors (Lipinski definition) is 2. The minimum atomic E-state index is -0.396. The van der Waals surface area contributed by atoms with E-state index in [-0.39, 0.29) is 23.7 Å². The van der Waals surface area contributed by atoms with Crippen LogP contribution < -0.4 is 5.32 Å². The summed E-state index contributed by atoms with van der Waals surface area (Å²) in [5.74, 6) is -0.773. The first kappa shape index (κ1) is 15.4. The number of benzene rings is 1. The lowest BCUT2D eigenvalue weighted by molar-refractivity contribution is 0.0922. The summed E-state index contributed by atoms with van der Waals surface area (Å²) in [7, 11) is 0. The standard InChI is InChI=1S/C15H14ClFN2O2/c1-9(8-20)19-15(21)11-6-13(14(16)18-7-11)10-3-2-4-12(17)5-10/h2-7,9,20H,8H2,1H3,(H,19,21). The monoisotopic (exact) mass is 308 g/mol. The van der Waals surface area contributed by atoms with E-state index >= 15 is 0 Å². The molecule has 0 aliphatic heterocycles. The third-order valence-electron chi connectivity index (χ3n) is 2.89. The van der Waals surface area contributed by atoms with Crippen molar-refractivity contribution in [2.24, 2.45) is 0 Å².